The van der Waals surface area contributed by atoms with Crippen molar-refractivity contribution < 1.29 is 9.53 Å². The van der Waals surface area contributed by atoms with E-state index in [-0.39, 0.29) is 18.3 Å². The van der Waals surface area contributed by atoms with E-state index in [4.69, 9.17) is 10.5 Å². The fourth-order valence-electron chi connectivity index (χ4n) is 1.92. The zero-order chi connectivity index (χ0) is 15.1. The van der Waals surface area contributed by atoms with Gasteiger partial charge < -0.3 is 15.8 Å². The highest BCUT2D eigenvalue weighted by Gasteiger charge is 2.05. The van der Waals surface area contributed by atoms with Gasteiger partial charge in [-0.25, -0.2) is 0 Å². The second-order valence-corrected chi connectivity index (χ2v) is 5.83. The molecule has 0 saturated carbocycles. The third-order valence-electron chi connectivity index (χ3n) is 3.10. The highest BCUT2D eigenvalue weighted by Crippen LogP contribution is 2.29. The number of ether oxygens (including phenoxy) is 1. The lowest BCUT2D eigenvalue weighted by Crippen LogP contribution is -2.22. The first kappa shape index (κ1) is 18.5. The van der Waals surface area contributed by atoms with Crippen LogP contribution >= 0.6 is 23.7 Å². The second kappa shape index (κ2) is 9.46. The molecule has 0 radical (unpaired) electrons. The van der Waals surface area contributed by atoms with Gasteiger partial charge in [-0.15, -0.1) is 23.7 Å². The zero-order valence-corrected chi connectivity index (χ0v) is 14.1. The number of methoxy groups -OCH3 is 1. The Bertz CT molecular complexity index is 584. The number of benzene rings is 1. The van der Waals surface area contributed by atoms with Crippen molar-refractivity contribution in [3.05, 3.63) is 41.3 Å². The summed E-state index contributed by atoms with van der Waals surface area (Å²) in [6, 6.07) is 12.1. The summed E-state index contributed by atoms with van der Waals surface area (Å²) in [5.41, 5.74) is 6.54. The Morgan fingerprint density at radius 2 is 1.95 bits per heavy atom. The maximum atomic E-state index is 11.5. The number of thiophene rings is 1. The van der Waals surface area contributed by atoms with Crippen molar-refractivity contribution in [3.8, 4) is 16.2 Å². The van der Waals surface area contributed by atoms with Gasteiger partial charge >= 0.3 is 0 Å². The number of carbonyl (C=O) groups excluding carboxylic acids is 1. The molecule has 0 spiro atoms. The van der Waals surface area contributed by atoms with Gasteiger partial charge in [0.1, 0.15) is 5.75 Å². The summed E-state index contributed by atoms with van der Waals surface area (Å²) in [6.45, 7) is 1.12. The van der Waals surface area contributed by atoms with Gasteiger partial charge in [0, 0.05) is 16.2 Å². The fraction of sp³-hybridized carbons (Fsp3) is 0.312. The lowest BCUT2D eigenvalue weighted by Gasteiger charge is -2.03. The molecule has 4 nitrogen and oxygen atoms in total. The zero-order valence-electron chi connectivity index (χ0n) is 12.5. The largest absolute Gasteiger partial charge is 0.497 e. The van der Waals surface area contributed by atoms with Crippen LogP contribution in [0.3, 0.4) is 0 Å². The molecular formula is C16H21ClN2O2S. The minimum atomic E-state index is 0. The monoisotopic (exact) mass is 340 g/mol. The van der Waals surface area contributed by atoms with Crippen molar-refractivity contribution in [2.45, 2.75) is 19.4 Å². The van der Waals surface area contributed by atoms with E-state index in [9.17, 15) is 4.79 Å². The smallest absolute Gasteiger partial charge is 0.220 e. The van der Waals surface area contributed by atoms with Crippen LogP contribution in [0.1, 0.15) is 17.7 Å². The van der Waals surface area contributed by atoms with E-state index in [1.54, 1.807) is 18.4 Å². The van der Waals surface area contributed by atoms with Crippen molar-refractivity contribution in [3.63, 3.8) is 0 Å². The summed E-state index contributed by atoms with van der Waals surface area (Å²) in [5, 5.41) is 2.91. The fourth-order valence-corrected chi connectivity index (χ4v) is 2.87. The van der Waals surface area contributed by atoms with Gasteiger partial charge in [-0.3, -0.25) is 4.79 Å². The van der Waals surface area contributed by atoms with Crippen LogP contribution in [0.25, 0.3) is 10.4 Å². The predicted octanol–water partition coefficient (Wildman–Crippen LogP) is 3.20. The van der Waals surface area contributed by atoms with E-state index in [1.165, 1.54) is 4.88 Å². The molecular weight excluding hydrogens is 320 g/mol. The van der Waals surface area contributed by atoms with Crippen LogP contribution in [0.2, 0.25) is 0 Å². The minimum absolute atomic E-state index is 0. The summed E-state index contributed by atoms with van der Waals surface area (Å²) in [6.07, 6.45) is 1.22. The summed E-state index contributed by atoms with van der Waals surface area (Å²) >= 11 is 1.69. The van der Waals surface area contributed by atoms with Crippen LogP contribution in [0.4, 0.5) is 0 Å². The predicted molar refractivity (Wildman–Crippen MR) is 93.7 cm³/mol. The Labute approximate surface area is 141 Å². The lowest BCUT2D eigenvalue weighted by atomic mass is 10.2. The molecule has 6 heteroatoms. The Kier molecular flexibility index (Phi) is 7.95. The number of halogens is 1. The van der Waals surface area contributed by atoms with Gasteiger partial charge in [-0.05, 0) is 54.9 Å². The number of carbonyl (C=O) groups is 1. The van der Waals surface area contributed by atoms with Crippen molar-refractivity contribution in [2.75, 3.05) is 13.7 Å². The average Bonchev–Trinajstić information content (AvgIpc) is 3.00. The number of hydrogen-bond acceptors (Lipinski definition) is 4. The SMILES string of the molecule is COc1ccc(-c2ccc(CNC(=O)CCCN)s2)cc1.Cl. The molecule has 2 rings (SSSR count). The first-order chi connectivity index (χ1) is 10.2. The van der Waals surface area contributed by atoms with Crippen LogP contribution in [0.5, 0.6) is 5.75 Å². The number of hydrogen-bond donors (Lipinski definition) is 2. The standard InChI is InChI=1S/C16H20N2O2S.ClH/c1-20-13-6-4-12(5-7-13)15-9-8-14(21-15)11-18-16(19)3-2-10-17;/h4-9H,2-3,10-11,17H2,1H3,(H,18,19);1H. The second-order valence-electron chi connectivity index (χ2n) is 4.66. The summed E-state index contributed by atoms with van der Waals surface area (Å²) in [4.78, 5) is 13.9. The summed E-state index contributed by atoms with van der Waals surface area (Å²) in [7, 11) is 1.66. The molecule has 0 saturated heterocycles. The van der Waals surface area contributed by atoms with Gasteiger partial charge in [0.25, 0.3) is 0 Å². The molecule has 120 valence electrons. The molecule has 0 aliphatic carbocycles. The normalized spacial score (nSPS) is 9.91. The molecule has 22 heavy (non-hydrogen) atoms. The van der Waals surface area contributed by atoms with Crippen LogP contribution in [-0.2, 0) is 11.3 Å². The molecule has 0 aliphatic heterocycles. The Hall–Kier alpha value is -1.56. The third kappa shape index (κ3) is 5.33. The molecule has 2 aromatic rings. The molecule has 1 amide bonds. The van der Waals surface area contributed by atoms with Crippen LogP contribution in [-0.4, -0.2) is 19.6 Å². The number of nitrogens with two attached hydrogens (primary N) is 1. The first-order valence-electron chi connectivity index (χ1n) is 6.93. The Morgan fingerprint density at radius 1 is 1.23 bits per heavy atom. The van der Waals surface area contributed by atoms with E-state index < -0.39 is 0 Å². The van der Waals surface area contributed by atoms with E-state index in [2.05, 4.69) is 11.4 Å². The van der Waals surface area contributed by atoms with Crippen LogP contribution in [0.15, 0.2) is 36.4 Å². The Balaban J connectivity index is 0.00000242. The molecule has 0 aliphatic rings. The molecule has 0 fully saturated rings. The molecule has 3 N–H and O–H groups in total. The highest BCUT2D eigenvalue weighted by molar-refractivity contribution is 7.15. The maximum absolute atomic E-state index is 11.5. The van der Waals surface area contributed by atoms with Crippen molar-refractivity contribution in [1.29, 1.82) is 0 Å². The van der Waals surface area contributed by atoms with E-state index in [0.29, 0.717) is 19.5 Å². The van der Waals surface area contributed by atoms with Crippen LogP contribution < -0.4 is 15.8 Å². The van der Waals surface area contributed by atoms with Crippen molar-refractivity contribution >= 4 is 29.7 Å². The number of nitrogens with one attached hydrogen (secondary N) is 1. The number of amides is 1. The van der Waals surface area contributed by atoms with Gasteiger partial charge in [0.05, 0.1) is 13.7 Å². The minimum Gasteiger partial charge on any atom is -0.497 e. The summed E-state index contributed by atoms with van der Waals surface area (Å²) < 4.78 is 5.15. The summed E-state index contributed by atoms with van der Waals surface area (Å²) in [5.74, 6) is 0.905. The van der Waals surface area contributed by atoms with Gasteiger partial charge in [-0.2, -0.15) is 0 Å². The average molecular weight is 341 g/mol. The van der Waals surface area contributed by atoms with Gasteiger partial charge in [0.15, 0.2) is 0 Å². The van der Waals surface area contributed by atoms with Gasteiger partial charge in [0.2, 0.25) is 5.91 Å². The molecule has 1 aromatic carbocycles. The van der Waals surface area contributed by atoms with E-state index >= 15 is 0 Å². The highest BCUT2D eigenvalue weighted by atomic mass is 35.5. The quantitative estimate of drug-likeness (QED) is 0.813. The number of rotatable bonds is 7. The molecule has 0 unspecified atom stereocenters. The Morgan fingerprint density at radius 3 is 2.59 bits per heavy atom. The molecule has 0 bridgehead atoms. The molecule has 1 aromatic heterocycles. The van der Waals surface area contributed by atoms with Gasteiger partial charge in [-0.1, -0.05) is 0 Å². The lowest BCUT2D eigenvalue weighted by molar-refractivity contribution is -0.121. The first-order valence-corrected chi connectivity index (χ1v) is 7.74. The van der Waals surface area contributed by atoms with E-state index in [0.717, 1.165) is 22.6 Å². The third-order valence-corrected chi connectivity index (χ3v) is 4.24. The van der Waals surface area contributed by atoms with Crippen molar-refractivity contribution in [1.82, 2.24) is 5.32 Å². The van der Waals surface area contributed by atoms with Crippen LogP contribution in [0, 0.1) is 0 Å². The molecule has 1 heterocycles. The van der Waals surface area contributed by atoms with Crippen molar-refractivity contribution in [2.24, 2.45) is 5.73 Å². The topological polar surface area (TPSA) is 64.3 Å². The van der Waals surface area contributed by atoms with E-state index in [1.807, 2.05) is 30.3 Å². The maximum Gasteiger partial charge on any atom is 0.220 e. The molecule has 0 atom stereocenters.